The van der Waals surface area contributed by atoms with E-state index in [1.807, 2.05) is 36.4 Å². The normalized spacial score (nSPS) is 18.8. The molecule has 0 bridgehead atoms. The van der Waals surface area contributed by atoms with Crippen LogP contribution in [-0.4, -0.2) is 126 Å². The fourth-order valence-electron chi connectivity index (χ4n) is 9.39. The van der Waals surface area contributed by atoms with Crippen molar-refractivity contribution in [3.8, 4) is 5.75 Å². The van der Waals surface area contributed by atoms with Gasteiger partial charge in [0.15, 0.2) is 22.1 Å². The standard InChI is InChI=1S/C52H69N4O8S2/c1-51(2)43-35-41(65(11,59)60)24-26-45(43)53(31-13-33-55(5,6)7)47(51)28-20-38-15-12-16-39(50(38)64-40-22-17-37(18-23-40)19-30-49(57)58)21-29-48-52(3,4)44-36-42(66(61,62)63)25-27-46(44)54(48)32-14-34-56(8,9)10/h17-18,20-29,35-36H,12-16,19,30-34H2,1-11H3/q+1/p+1. The number of hydrogen-bond donors (Lipinski definition) is 1. The molecule has 0 aromatic heterocycles. The summed E-state index contributed by atoms with van der Waals surface area (Å²) in [5, 5.41) is 9.28. The van der Waals surface area contributed by atoms with Gasteiger partial charge in [0.25, 0.3) is 0 Å². The summed E-state index contributed by atoms with van der Waals surface area (Å²) in [6.07, 6.45) is 14.4. The number of carboxylic acid groups (broad SMARTS) is 1. The molecule has 0 fully saturated rings. The summed E-state index contributed by atoms with van der Waals surface area (Å²) in [7, 11) is 4.91. The number of benzene rings is 3. The van der Waals surface area contributed by atoms with Gasteiger partial charge in [0, 0.05) is 60.1 Å². The van der Waals surface area contributed by atoms with E-state index in [-0.39, 0.29) is 11.3 Å². The van der Waals surface area contributed by atoms with Crippen LogP contribution in [0.1, 0.15) is 82.9 Å². The van der Waals surface area contributed by atoms with E-state index in [4.69, 9.17) is 4.74 Å². The number of fused-ring (bicyclic) bond motifs is 2. The molecule has 1 aliphatic carbocycles. The maximum Gasteiger partial charge on any atom is 0.303 e. The fraction of sp³-hybridized carbons (Fsp3) is 0.462. The Morgan fingerprint density at radius 1 is 0.818 bits per heavy atom. The predicted molar refractivity (Wildman–Crippen MR) is 261 cm³/mol. The van der Waals surface area contributed by atoms with E-state index in [0.29, 0.717) is 23.6 Å². The molecule has 14 heteroatoms. The molecule has 66 heavy (non-hydrogen) atoms. The molecular weight excluding hydrogens is 873 g/mol. The molecule has 1 N–H and O–H groups in total. The lowest BCUT2D eigenvalue weighted by Gasteiger charge is -2.29. The number of nitrogens with zero attached hydrogens (tertiary/aromatic N) is 4. The van der Waals surface area contributed by atoms with Crippen molar-refractivity contribution in [1.82, 2.24) is 0 Å². The number of hydrogen-bond acceptors (Lipinski definition) is 8. The second-order valence-electron chi connectivity index (χ2n) is 21.2. The number of anilines is 1. The third-order valence-electron chi connectivity index (χ3n) is 13.0. The molecule has 0 spiro atoms. The average molecular weight is 943 g/mol. The van der Waals surface area contributed by atoms with E-state index in [2.05, 4.69) is 104 Å². The van der Waals surface area contributed by atoms with Gasteiger partial charge < -0.3 is 28.3 Å². The van der Waals surface area contributed by atoms with Crippen LogP contribution in [0, 0.1) is 0 Å². The fourth-order valence-corrected chi connectivity index (χ4v) is 10.5. The number of carbonyl (C=O) groups is 1. The van der Waals surface area contributed by atoms with Crippen LogP contribution in [0.4, 0.5) is 11.4 Å². The Kier molecular flexibility index (Phi) is 14.6. The number of carboxylic acids is 1. The Labute approximate surface area is 393 Å². The lowest BCUT2D eigenvalue weighted by Crippen LogP contribution is -2.37. The summed E-state index contributed by atoms with van der Waals surface area (Å²) in [5.41, 5.74) is 7.41. The topological polar surface area (TPSA) is 144 Å². The second kappa shape index (κ2) is 19.0. The van der Waals surface area contributed by atoms with Gasteiger partial charge in [-0.3, -0.25) is 4.79 Å². The first-order valence-electron chi connectivity index (χ1n) is 22.9. The molecule has 2 aliphatic heterocycles. The SMILES string of the molecule is CC1(C)C(=CC=C2CCCC(C=CC3=[N+](CCC[N+](C)(C)C)c4ccc(S(C)(=O)=O)cc4C3(C)C)=C2Oc2ccc(CCC(=O)O)cc2)N(CCC[N+](C)(C)C)c2ccc(S(=O)(=O)[O-])cc21. The highest BCUT2D eigenvalue weighted by Gasteiger charge is 2.45. The minimum absolute atomic E-state index is 0.0312. The molecular formula is C52H70N4O8S2+2. The van der Waals surface area contributed by atoms with E-state index in [0.717, 1.165) is 117 Å². The van der Waals surface area contributed by atoms with Crippen LogP contribution in [-0.2, 0) is 42.0 Å². The second-order valence-corrected chi connectivity index (χ2v) is 24.6. The Morgan fingerprint density at radius 3 is 2.08 bits per heavy atom. The van der Waals surface area contributed by atoms with Gasteiger partial charge in [0.2, 0.25) is 5.69 Å². The number of allylic oxidation sites excluding steroid dienone is 7. The Morgan fingerprint density at radius 2 is 1.45 bits per heavy atom. The minimum atomic E-state index is -4.67. The Bertz CT molecular complexity index is 2750. The van der Waals surface area contributed by atoms with Crippen molar-refractivity contribution in [2.45, 2.75) is 93.3 Å². The van der Waals surface area contributed by atoms with Gasteiger partial charge in [-0.15, -0.1) is 0 Å². The van der Waals surface area contributed by atoms with Crippen molar-refractivity contribution < 1.29 is 49.6 Å². The maximum atomic E-state index is 12.8. The molecule has 0 unspecified atom stereocenters. The quantitative estimate of drug-likeness (QED) is 0.0758. The first kappa shape index (κ1) is 50.6. The van der Waals surface area contributed by atoms with Gasteiger partial charge in [0.05, 0.1) is 77.0 Å². The number of aliphatic carboxylic acids is 1. The highest BCUT2D eigenvalue weighted by molar-refractivity contribution is 7.90. The van der Waals surface area contributed by atoms with Crippen molar-refractivity contribution in [2.75, 3.05) is 79.6 Å². The van der Waals surface area contributed by atoms with Crippen molar-refractivity contribution in [1.29, 1.82) is 0 Å². The average Bonchev–Trinajstić information content (AvgIpc) is 3.55. The van der Waals surface area contributed by atoms with Crippen LogP contribution < -0.4 is 9.64 Å². The summed E-state index contributed by atoms with van der Waals surface area (Å²) < 4.78 is 73.1. The maximum absolute atomic E-state index is 12.8. The minimum Gasteiger partial charge on any atom is -0.744 e. The third-order valence-corrected chi connectivity index (χ3v) is 14.9. The number of sulfone groups is 1. The highest BCUT2D eigenvalue weighted by atomic mass is 32.2. The van der Waals surface area contributed by atoms with E-state index in [1.165, 1.54) is 18.4 Å². The first-order valence-corrected chi connectivity index (χ1v) is 26.2. The van der Waals surface area contributed by atoms with Crippen molar-refractivity contribution in [3.63, 3.8) is 0 Å². The van der Waals surface area contributed by atoms with Crippen molar-refractivity contribution in [3.05, 3.63) is 124 Å². The van der Waals surface area contributed by atoms with Crippen LogP contribution in [0.2, 0.25) is 0 Å². The molecule has 6 rings (SSSR count). The lowest BCUT2D eigenvalue weighted by molar-refractivity contribution is -0.871. The van der Waals surface area contributed by atoms with Gasteiger partial charge in [-0.2, -0.15) is 4.58 Å². The summed E-state index contributed by atoms with van der Waals surface area (Å²) >= 11 is 0. The van der Waals surface area contributed by atoms with Crippen LogP contribution in [0.3, 0.4) is 0 Å². The van der Waals surface area contributed by atoms with Crippen molar-refractivity contribution >= 4 is 43.0 Å². The monoisotopic (exact) mass is 942 g/mol. The van der Waals surface area contributed by atoms with E-state index >= 15 is 0 Å². The van der Waals surface area contributed by atoms with E-state index < -0.39 is 36.8 Å². The molecule has 12 nitrogen and oxygen atoms in total. The largest absolute Gasteiger partial charge is 0.744 e. The van der Waals surface area contributed by atoms with Crippen molar-refractivity contribution in [2.24, 2.45) is 0 Å². The highest BCUT2D eigenvalue weighted by Crippen LogP contribution is 2.49. The van der Waals surface area contributed by atoms with Gasteiger partial charge in [0.1, 0.15) is 21.6 Å². The van der Waals surface area contributed by atoms with E-state index in [1.54, 1.807) is 12.1 Å². The molecule has 0 saturated carbocycles. The first-order chi connectivity index (χ1) is 30.6. The summed E-state index contributed by atoms with van der Waals surface area (Å²) in [6.45, 7) is 11.8. The lowest BCUT2D eigenvalue weighted by atomic mass is 9.81. The third kappa shape index (κ3) is 11.8. The number of quaternary nitrogens is 2. The molecule has 356 valence electrons. The zero-order valence-electron chi connectivity index (χ0n) is 40.8. The number of ether oxygens (including phenoxy) is 1. The zero-order valence-corrected chi connectivity index (χ0v) is 42.4. The molecule has 0 saturated heterocycles. The zero-order chi connectivity index (χ0) is 48.6. The number of rotatable bonds is 18. The molecule has 2 heterocycles. The smallest absolute Gasteiger partial charge is 0.303 e. The van der Waals surface area contributed by atoms with Crippen LogP contribution in [0.15, 0.2) is 117 Å². The summed E-state index contributed by atoms with van der Waals surface area (Å²) in [5.74, 6) is 0.490. The summed E-state index contributed by atoms with van der Waals surface area (Å²) in [6, 6.07) is 17.7. The molecule has 0 amide bonds. The van der Waals surface area contributed by atoms with Gasteiger partial charge >= 0.3 is 5.97 Å². The van der Waals surface area contributed by atoms with Gasteiger partial charge in [-0.05, 0) is 116 Å². The summed E-state index contributed by atoms with van der Waals surface area (Å²) in [4.78, 5) is 13.6. The molecule has 3 aliphatic rings. The molecule has 3 aromatic carbocycles. The van der Waals surface area contributed by atoms with Crippen LogP contribution in [0.25, 0.3) is 0 Å². The Balaban J connectivity index is 1.48. The number of aryl methyl sites for hydroxylation is 1. The van der Waals surface area contributed by atoms with Gasteiger partial charge in [-0.1, -0.05) is 32.1 Å². The van der Waals surface area contributed by atoms with Crippen LogP contribution >= 0.6 is 0 Å². The predicted octanol–water partition coefficient (Wildman–Crippen LogP) is 8.26. The van der Waals surface area contributed by atoms with Crippen LogP contribution in [0.5, 0.6) is 5.75 Å². The molecule has 3 aromatic rings. The molecule has 0 radical (unpaired) electrons. The van der Waals surface area contributed by atoms with Gasteiger partial charge in [-0.25, -0.2) is 16.8 Å². The Hall–Kier alpha value is -4.86. The molecule has 0 atom stereocenters. The van der Waals surface area contributed by atoms with E-state index in [9.17, 15) is 31.3 Å².